The molecule has 0 fully saturated rings. The molecule has 2 nitrogen and oxygen atoms in total. The Hall–Kier alpha value is -1.75. The molecule has 0 aromatic heterocycles. The summed E-state index contributed by atoms with van der Waals surface area (Å²) in [7, 11) is 0. The molecule has 0 spiro atoms. The number of rotatable bonds is 0. The van der Waals surface area contributed by atoms with Gasteiger partial charge in [-0.3, -0.25) is 0 Å². The van der Waals surface area contributed by atoms with Crippen LogP contribution >= 0.6 is 0 Å². The fourth-order valence-corrected chi connectivity index (χ4v) is 0.558. The summed E-state index contributed by atoms with van der Waals surface area (Å²) < 4.78 is 0. The molecule has 0 saturated heterocycles. The lowest BCUT2D eigenvalue weighted by atomic mass is 10.2. The molecule has 0 amide bonds. The number of benzene rings is 1. The predicted molar refractivity (Wildman–Crippen MR) is 46.8 cm³/mol. The van der Waals surface area contributed by atoms with Gasteiger partial charge in [0.2, 0.25) is 0 Å². The molecule has 0 aliphatic rings. The van der Waals surface area contributed by atoms with Crippen LogP contribution in [-0.4, -0.2) is 0 Å². The normalized spacial score (nSPS) is 7.18. The van der Waals surface area contributed by atoms with Crippen LogP contribution < -0.4 is 5.73 Å². The molecule has 2 N–H and O–H groups in total. The zero-order valence-electron chi connectivity index (χ0n) is 6.25. The summed E-state index contributed by atoms with van der Waals surface area (Å²) >= 11 is 0. The number of nitriles is 1. The molecule has 56 valence electrons. The monoisotopic (exact) mass is 146 g/mol. The quantitative estimate of drug-likeness (QED) is 0.449. The van der Waals surface area contributed by atoms with E-state index >= 15 is 0 Å². The SMILES string of the molecule is C=C.N#Cc1ccc(N)cc1. The Morgan fingerprint density at radius 2 is 1.64 bits per heavy atom. The molecule has 0 atom stereocenters. The van der Waals surface area contributed by atoms with E-state index in [-0.39, 0.29) is 0 Å². The summed E-state index contributed by atoms with van der Waals surface area (Å²) in [4.78, 5) is 0. The second-order valence-corrected chi connectivity index (χ2v) is 1.73. The van der Waals surface area contributed by atoms with Crippen LogP contribution in [0.4, 0.5) is 5.69 Å². The van der Waals surface area contributed by atoms with E-state index in [4.69, 9.17) is 11.0 Å². The summed E-state index contributed by atoms with van der Waals surface area (Å²) in [6, 6.07) is 8.79. The number of nitrogens with two attached hydrogens (primary N) is 1. The van der Waals surface area contributed by atoms with Gasteiger partial charge in [-0.2, -0.15) is 5.26 Å². The van der Waals surface area contributed by atoms with E-state index in [0.29, 0.717) is 11.3 Å². The van der Waals surface area contributed by atoms with E-state index in [1.54, 1.807) is 24.3 Å². The molecule has 0 radical (unpaired) electrons. The lowest BCUT2D eigenvalue weighted by Gasteiger charge is -1.88. The van der Waals surface area contributed by atoms with Crippen LogP contribution in [0, 0.1) is 11.3 Å². The van der Waals surface area contributed by atoms with E-state index < -0.39 is 0 Å². The molecule has 1 rings (SSSR count). The number of hydrogen-bond donors (Lipinski definition) is 1. The van der Waals surface area contributed by atoms with Crippen LogP contribution in [0.2, 0.25) is 0 Å². The van der Waals surface area contributed by atoms with Crippen molar-refractivity contribution in [3.05, 3.63) is 43.0 Å². The van der Waals surface area contributed by atoms with Gasteiger partial charge in [-0.1, -0.05) is 0 Å². The second kappa shape index (κ2) is 5.07. The molecule has 1 aromatic rings. The molecular weight excluding hydrogens is 136 g/mol. The summed E-state index contributed by atoms with van der Waals surface area (Å²) in [5, 5.41) is 8.34. The van der Waals surface area contributed by atoms with Crippen molar-refractivity contribution in [3.63, 3.8) is 0 Å². The van der Waals surface area contributed by atoms with Gasteiger partial charge in [0.15, 0.2) is 0 Å². The Kier molecular flexibility index (Phi) is 4.26. The predicted octanol–water partition coefficient (Wildman–Crippen LogP) is 1.94. The first-order valence-electron chi connectivity index (χ1n) is 3.08. The van der Waals surface area contributed by atoms with Gasteiger partial charge in [0.25, 0.3) is 0 Å². The first-order valence-corrected chi connectivity index (χ1v) is 3.08. The maximum absolute atomic E-state index is 8.34. The zero-order chi connectivity index (χ0) is 8.69. The number of anilines is 1. The third-order valence-corrected chi connectivity index (χ3v) is 1.04. The lowest BCUT2D eigenvalue weighted by molar-refractivity contribution is 1.49. The van der Waals surface area contributed by atoms with Gasteiger partial charge >= 0.3 is 0 Å². The van der Waals surface area contributed by atoms with E-state index in [0.717, 1.165) is 0 Å². The van der Waals surface area contributed by atoms with Crippen molar-refractivity contribution in [2.24, 2.45) is 0 Å². The fraction of sp³-hybridized carbons (Fsp3) is 0. The molecular formula is C9H10N2. The van der Waals surface area contributed by atoms with E-state index in [9.17, 15) is 0 Å². The number of nitrogens with zero attached hydrogens (tertiary/aromatic N) is 1. The average molecular weight is 146 g/mol. The Morgan fingerprint density at radius 1 is 1.18 bits per heavy atom. The van der Waals surface area contributed by atoms with Crippen LogP contribution in [-0.2, 0) is 0 Å². The Bertz CT molecular complexity index is 243. The minimum atomic E-state index is 0.643. The van der Waals surface area contributed by atoms with Crippen LogP contribution in [0.5, 0.6) is 0 Å². The second-order valence-electron chi connectivity index (χ2n) is 1.73. The largest absolute Gasteiger partial charge is 0.399 e. The standard InChI is InChI=1S/C7H6N2.C2H4/c8-5-6-1-3-7(9)4-2-6;1-2/h1-4H,9H2;1-2H2. The Labute approximate surface area is 66.6 Å². The lowest BCUT2D eigenvalue weighted by Crippen LogP contribution is -1.82. The van der Waals surface area contributed by atoms with Gasteiger partial charge in [0, 0.05) is 5.69 Å². The third kappa shape index (κ3) is 3.07. The van der Waals surface area contributed by atoms with Crippen LogP contribution in [0.1, 0.15) is 5.56 Å². The van der Waals surface area contributed by atoms with E-state index in [2.05, 4.69) is 13.2 Å². The summed E-state index contributed by atoms with van der Waals surface area (Å²) in [6.45, 7) is 6.00. The summed E-state index contributed by atoms with van der Waals surface area (Å²) in [5.41, 5.74) is 6.70. The molecule has 0 heterocycles. The highest BCUT2D eigenvalue weighted by atomic mass is 14.5. The number of hydrogen-bond acceptors (Lipinski definition) is 2. The highest BCUT2D eigenvalue weighted by Crippen LogP contribution is 2.02. The molecule has 2 heteroatoms. The van der Waals surface area contributed by atoms with Gasteiger partial charge in [0.1, 0.15) is 0 Å². The molecule has 0 aliphatic heterocycles. The van der Waals surface area contributed by atoms with Gasteiger partial charge in [-0.25, -0.2) is 0 Å². The maximum atomic E-state index is 8.34. The highest BCUT2D eigenvalue weighted by molar-refractivity contribution is 5.42. The molecule has 11 heavy (non-hydrogen) atoms. The molecule has 1 aromatic carbocycles. The molecule has 0 aliphatic carbocycles. The van der Waals surface area contributed by atoms with Crippen LogP contribution in [0.15, 0.2) is 37.4 Å². The fourth-order valence-electron chi connectivity index (χ4n) is 0.558. The topological polar surface area (TPSA) is 49.8 Å². The van der Waals surface area contributed by atoms with Crippen LogP contribution in [0.3, 0.4) is 0 Å². The summed E-state index contributed by atoms with van der Waals surface area (Å²) in [6.07, 6.45) is 0. The van der Waals surface area contributed by atoms with Crippen molar-refractivity contribution < 1.29 is 0 Å². The van der Waals surface area contributed by atoms with Crippen molar-refractivity contribution in [1.82, 2.24) is 0 Å². The third-order valence-electron chi connectivity index (χ3n) is 1.04. The van der Waals surface area contributed by atoms with Crippen molar-refractivity contribution >= 4 is 5.69 Å². The summed E-state index contributed by atoms with van der Waals surface area (Å²) in [5.74, 6) is 0. The first kappa shape index (κ1) is 9.25. The smallest absolute Gasteiger partial charge is 0.0991 e. The molecule has 0 bridgehead atoms. The molecule has 0 saturated carbocycles. The Balaban J connectivity index is 0.000000461. The van der Waals surface area contributed by atoms with Gasteiger partial charge in [0.05, 0.1) is 11.6 Å². The maximum Gasteiger partial charge on any atom is 0.0991 e. The van der Waals surface area contributed by atoms with E-state index in [1.165, 1.54) is 0 Å². The van der Waals surface area contributed by atoms with Crippen molar-refractivity contribution in [3.8, 4) is 6.07 Å². The zero-order valence-corrected chi connectivity index (χ0v) is 6.25. The minimum absolute atomic E-state index is 0.643. The van der Waals surface area contributed by atoms with E-state index in [1.807, 2.05) is 6.07 Å². The number of nitrogen functional groups attached to an aromatic ring is 1. The van der Waals surface area contributed by atoms with Crippen molar-refractivity contribution in [1.29, 1.82) is 5.26 Å². The molecule has 0 unspecified atom stereocenters. The highest BCUT2D eigenvalue weighted by Gasteiger charge is 1.85. The minimum Gasteiger partial charge on any atom is -0.399 e. The van der Waals surface area contributed by atoms with Crippen molar-refractivity contribution in [2.45, 2.75) is 0 Å². The Morgan fingerprint density at radius 3 is 2.00 bits per heavy atom. The van der Waals surface area contributed by atoms with Crippen molar-refractivity contribution in [2.75, 3.05) is 5.73 Å². The first-order chi connectivity index (χ1) is 5.33. The van der Waals surface area contributed by atoms with Gasteiger partial charge < -0.3 is 5.73 Å². The van der Waals surface area contributed by atoms with Crippen LogP contribution in [0.25, 0.3) is 0 Å². The van der Waals surface area contributed by atoms with Gasteiger partial charge in [-0.05, 0) is 24.3 Å². The average Bonchev–Trinajstić information content (AvgIpc) is 2.10. The van der Waals surface area contributed by atoms with Gasteiger partial charge in [-0.15, -0.1) is 13.2 Å².